The molecule has 0 aromatic heterocycles. The first kappa shape index (κ1) is 17.5. The molecule has 2 unspecified atom stereocenters. The van der Waals surface area contributed by atoms with Gasteiger partial charge in [-0.15, -0.1) is 12.4 Å². The molecule has 3 nitrogen and oxygen atoms in total. The third-order valence-corrected chi connectivity index (χ3v) is 3.21. The lowest BCUT2D eigenvalue weighted by molar-refractivity contribution is -0.126. The van der Waals surface area contributed by atoms with Gasteiger partial charge in [0, 0.05) is 11.8 Å². The molecule has 5 heteroatoms. The molecule has 0 aromatic carbocycles. The first-order valence-corrected chi connectivity index (χ1v) is 6.32. The molecule has 0 aliphatic rings. The number of carbonyl (C=O) groups is 1. The standard InChI is InChI=1S/C10H22N2OS.ClH/c1-5-6-10(3,11)9(13)12-7-8(2)14-4;/h8H,5-7,11H2,1-4H3,(H,12,13);1H. The van der Waals surface area contributed by atoms with E-state index in [1.54, 1.807) is 18.7 Å². The number of hydrogen-bond acceptors (Lipinski definition) is 3. The first-order chi connectivity index (χ1) is 6.44. The van der Waals surface area contributed by atoms with E-state index in [0.29, 0.717) is 11.8 Å². The Morgan fingerprint density at radius 2 is 2.13 bits per heavy atom. The molecule has 3 N–H and O–H groups in total. The Kier molecular flexibility index (Phi) is 9.60. The lowest BCUT2D eigenvalue weighted by atomic mass is 9.96. The van der Waals surface area contributed by atoms with E-state index in [-0.39, 0.29) is 18.3 Å². The van der Waals surface area contributed by atoms with Crippen LogP contribution in [0.4, 0.5) is 0 Å². The van der Waals surface area contributed by atoms with Crippen LogP contribution in [0.1, 0.15) is 33.6 Å². The predicted molar refractivity (Wildman–Crippen MR) is 70.7 cm³/mol. The van der Waals surface area contributed by atoms with Gasteiger partial charge in [0.2, 0.25) is 5.91 Å². The fourth-order valence-corrected chi connectivity index (χ4v) is 1.40. The van der Waals surface area contributed by atoms with Crippen LogP contribution < -0.4 is 11.1 Å². The summed E-state index contributed by atoms with van der Waals surface area (Å²) < 4.78 is 0. The van der Waals surface area contributed by atoms with Gasteiger partial charge in [0.15, 0.2) is 0 Å². The van der Waals surface area contributed by atoms with Crippen molar-refractivity contribution in [3.8, 4) is 0 Å². The second-order valence-corrected chi connectivity index (χ2v) is 5.20. The van der Waals surface area contributed by atoms with Crippen LogP contribution in [0, 0.1) is 0 Å². The van der Waals surface area contributed by atoms with Crippen LogP contribution in [0.2, 0.25) is 0 Å². The van der Waals surface area contributed by atoms with Crippen molar-refractivity contribution in [2.75, 3.05) is 12.8 Å². The highest BCUT2D eigenvalue weighted by molar-refractivity contribution is 7.99. The van der Waals surface area contributed by atoms with Gasteiger partial charge in [0.1, 0.15) is 0 Å². The molecule has 0 radical (unpaired) electrons. The Balaban J connectivity index is 0. The zero-order valence-electron chi connectivity index (χ0n) is 10.0. The van der Waals surface area contributed by atoms with Crippen molar-refractivity contribution in [3.05, 3.63) is 0 Å². The van der Waals surface area contributed by atoms with Gasteiger partial charge < -0.3 is 11.1 Å². The third-order valence-electron chi connectivity index (χ3n) is 2.24. The Morgan fingerprint density at radius 1 is 1.60 bits per heavy atom. The molecule has 0 bridgehead atoms. The van der Waals surface area contributed by atoms with Gasteiger partial charge in [-0.1, -0.05) is 20.3 Å². The minimum atomic E-state index is -0.715. The highest BCUT2D eigenvalue weighted by Crippen LogP contribution is 2.09. The van der Waals surface area contributed by atoms with Gasteiger partial charge in [-0.25, -0.2) is 0 Å². The van der Waals surface area contributed by atoms with E-state index in [0.717, 1.165) is 12.8 Å². The van der Waals surface area contributed by atoms with Crippen LogP contribution in [0.5, 0.6) is 0 Å². The van der Waals surface area contributed by atoms with Crippen molar-refractivity contribution in [1.29, 1.82) is 0 Å². The molecule has 0 saturated heterocycles. The quantitative estimate of drug-likeness (QED) is 0.760. The van der Waals surface area contributed by atoms with Gasteiger partial charge in [-0.05, 0) is 19.6 Å². The van der Waals surface area contributed by atoms with Gasteiger partial charge in [-0.3, -0.25) is 4.79 Å². The molecule has 0 aromatic rings. The molecule has 0 saturated carbocycles. The lowest BCUT2D eigenvalue weighted by Gasteiger charge is -2.23. The predicted octanol–water partition coefficient (Wildman–Crippen LogP) is 1.79. The van der Waals surface area contributed by atoms with E-state index in [2.05, 4.69) is 12.2 Å². The maximum atomic E-state index is 11.6. The minimum Gasteiger partial charge on any atom is -0.353 e. The number of nitrogens with one attached hydrogen (secondary N) is 1. The number of carbonyl (C=O) groups excluding carboxylic acids is 1. The van der Waals surface area contributed by atoms with E-state index in [1.807, 2.05) is 13.2 Å². The van der Waals surface area contributed by atoms with E-state index >= 15 is 0 Å². The molecule has 0 heterocycles. The average molecular weight is 255 g/mol. The molecule has 0 fully saturated rings. The summed E-state index contributed by atoms with van der Waals surface area (Å²) in [6, 6.07) is 0. The van der Waals surface area contributed by atoms with Crippen molar-refractivity contribution in [3.63, 3.8) is 0 Å². The zero-order valence-corrected chi connectivity index (χ0v) is 11.6. The third kappa shape index (κ3) is 7.03. The van der Waals surface area contributed by atoms with Crippen molar-refractivity contribution in [2.24, 2.45) is 5.73 Å². The number of thioether (sulfide) groups is 1. The zero-order chi connectivity index (χ0) is 11.2. The van der Waals surface area contributed by atoms with Crippen LogP contribution in [-0.2, 0) is 4.79 Å². The molecule has 0 aliphatic heterocycles. The largest absolute Gasteiger partial charge is 0.353 e. The Labute approximate surface area is 103 Å². The molecule has 0 spiro atoms. The van der Waals surface area contributed by atoms with Crippen LogP contribution in [0.15, 0.2) is 0 Å². The summed E-state index contributed by atoms with van der Waals surface area (Å²) in [4.78, 5) is 11.6. The maximum Gasteiger partial charge on any atom is 0.239 e. The van der Waals surface area contributed by atoms with E-state index < -0.39 is 5.54 Å². The van der Waals surface area contributed by atoms with Crippen LogP contribution >= 0.6 is 24.2 Å². The average Bonchev–Trinajstić information content (AvgIpc) is 2.13. The van der Waals surface area contributed by atoms with Gasteiger partial charge in [-0.2, -0.15) is 11.8 Å². The molecular weight excluding hydrogens is 232 g/mol. The smallest absolute Gasteiger partial charge is 0.239 e. The maximum absolute atomic E-state index is 11.6. The molecule has 0 aliphatic carbocycles. The summed E-state index contributed by atoms with van der Waals surface area (Å²) in [5, 5.41) is 3.31. The molecule has 1 amide bonds. The summed E-state index contributed by atoms with van der Waals surface area (Å²) in [5.41, 5.74) is 5.16. The van der Waals surface area contributed by atoms with Crippen molar-refractivity contribution < 1.29 is 4.79 Å². The highest BCUT2D eigenvalue weighted by atomic mass is 35.5. The Hall–Kier alpha value is 0.0700. The molecular formula is C10H23ClN2OS. The monoisotopic (exact) mass is 254 g/mol. The molecule has 15 heavy (non-hydrogen) atoms. The number of amides is 1. The fourth-order valence-electron chi connectivity index (χ4n) is 1.15. The summed E-state index contributed by atoms with van der Waals surface area (Å²) >= 11 is 1.74. The topological polar surface area (TPSA) is 55.1 Å². The molecule has 92 valence electrons. The summed E-state index contributed by atoms with van der Waals surface area (Å²) in [6.07, 6.45) is 3.69. The van der Waals surface area contributed by atoms with Crippen LogP contribution in [0.3, 0.4) is 0 Å². The number of rotatable bonds is 6. The normalized spacial score (nSPS) is 16.1. The number of nitrogens with two attached hydrogens (primary N) is 1. The summed E-state index contributed by atoms with van der Waals surface area (Å²) in [5.74, 6) is -0.0414. The molecule has 2 atom stereocenters. The Morgan fingerprint density at radius 3 is 2.53 bits per heavy atom. The van der Waals surface area contributed by atoms with E-state index in [9.17, 15) is 4.79 Å². The fraction of sp³-hybridized carbons (Fsp3) is 0.900. The van der Waals surface area contributed by atoms with Gasteiger partial charge >= 0.3 is 0 Å². The van der Waals surface area contributed by atoms with Gasteiger partial charge in [0.05, 0.1) is 5.54 Å². The summed E-state index contributed by atoms with van der Waals surface area (Å²) in [7, 11) is 0. The first-order valence-electron chi connectivity index (χ1n) is 5.04. The van der Waals surface area contributed by atoms with Crippen molar-refractivity contribution in [2.45, 2.75) is 44.4 Å². The minimum absolute atomic E-state index is 0. The lowest BCUT2D eigenvalue weighted by Crippen LogP contribution is -2.52. The molecule has 0 rings (SSSR count). The second-order valence-electron chi connectivity index (χ2n) is 3.92. The van der Waals surface area contributed by atoms with Crippen LogP contribution in [-0.4, -0.2) is 29.5 Å². The SMILES string of the molecule is CCCC(C)(N)C(=O)NCC(C)SC.Cl. The van der Waals surface area contributed by atoms with E-state index in [4.69, 9.17) is 5.73 Å². The van der Waals surface area contributed by atoms with E-state index in [1.165, 1.54) is 0 Å². The highest BCUT2D eigenvalue weighted by Gasteiger charge is 2.26. The van der Waals surface area contributed by atoms with Crippen LogP contribution in [0.25, 0.3) is 0 Å². The summed E-state index contributed by atoms with van der Waals surface area (Å²) in [6.45, 7) is 6.59. The second kappa shape index (κ2) is 8.25. The van der Waals surface area contributed by atoms with Crippen molar-refractivity contribution >= 4 is 30.1 Å². The van der Waals surface area contributed by atoms with Gasteiger partial charge in [0.25, 0.3) is 0 Å². The number of hydrogen-bond donors (Lipinski definition) is 2. The Bertz CT molecular complexity index is 188. The number of halogens is 1. The van der Waals surface area contributed by atoms with Crippen molar-refractivity contribution in [1.82, 2.24) is 5.32 Å².